The van der Waals surface area contributed by atoms with Gasteiger partial charge in [0.2, 0.25) is 17.7 Å². The molecule has 4 amide bonds. The summed E-state index contributed by atoms with van der Waals surface area (Å²) in [6.07, 6.45) is -1.67. The van der Waals surface area contributed by atoms with Crippen LogP contribution < -0.4 is 16.4 Å². The fraction of sp³-hybridized carbons (Fsp3) is 0.520. The molecule has 0 radical (unpaired) electrons. The van der Waals surface area contributed by atoms with Crippen LogP contribution in [-0.2, 0) is 28.7 Å². The van der Waals surface area contributed by atoms with Crippen molar-refractivity contribution in [2.45, 2.75) is 65.1 Å². The lowest BCUT2D eigenvalue weighted by molar-refractivity contribution is -0.144. The number of alkyl carbamates (subject to hydrolysis) is 1. The average Bonchev–Trinajstić information content (AvgIpc) is 2.76. The smallest absolute Gasteiger partial charge is 0.408 e. The molecule has 12 nitrogen and oxygen atoms in total. The second-order valence-corrected chi connectivity index (χ2v) is 9.16. The fourth-order valence-corrected chi connectivity index (χ4v) is 3.35. The minimum absolute atomic E-state index is 0.0740. The maximum absolute atomic E-state index is 13.6. The zero-order valence-electron chi connectivity index (χ0n) is 21.8. The van der Waals surface area contributed by atoms with Crippen molar-refractivity contribution in [1.82, 2.24) is 15.5 Å². The van der Waals surface area contributed by atoms with E-state index < -0.39 is 60.4 Å². The van der Waals surface area contributed by atoms with E-state index in [1.807, 2.05) is 6.07 Å². The summed E-state index contributed by atoms with van der Waals surface area (Å²) in [6, 6.07) is 5.77. The summed E-state index contributed by atoms with van der Waals surface area (Å²) >= 11 is 0. The van der Waals surface area contributed by atoms with Gasteiger partial charge in [-0.3, -0.25) is 19.2 Å². The van der Waals surface area contributed by atoms with Crippen LogP contribution in [0.5, 0.6) is 0 Å². The number of hydrogen-bond donors (Lipinski definition) is 3. The molecule has 0 fully saturated rings. The van der Waals surface area contributed by atoms with E-state index in [1.165, 1.54) is 0 Å². The fourth-order valence-electron chi connectivity index (χ4n) is 3.35. The number of primary amides is 1. The molecule has 1 aromatic rings. The Morgan fingerprint density at radius 1 is 1.19 bits per heavy atom. The lowest BCUT2D eigenvalue weighted by Crippen LogP contribution is -2.54. The van der Waals surface area contributed by atoms with Gasteiger partial charge >= 0.3 is 12.1 Å². The highest BCUT2D eigenvalue weighted by molar-refractivity contribution is 5.94. The van der Waals surface area contributed by atoms with Crippen LogP contribution in [0.1, 0.15) is 57.7 Å². The molecule has 0 spiro atoms. The molecular weight excluding hydrogens is 482 g/mol. The summed E-state index contributed by atoms with van der Waals surface area (Å²) in [5, 5.41) is 14.4. The van der Waals surface area contributed by atoms with Gasteiger partial charge < -0.3 is 30.7 Å². The van der Waals surface area contributed by atoms with Crippen LogP contribution >= 0.6 is 0 Å². The Bertz CT molecular complexity index is 1030. The molecule has 12 heteroatoms. The highest BCUT2D eigenvalue weighted by Crippen LogP contribution is 2.24. The molecule has 0 aromatic heterocycles. The quantitative estimate of drug-likeness (QED) is 0.273. The molecule has 37 heavy (non-hydrogen) atoms. The summed E-state index contributed by atoms with van der Waals surface area (Å²) in [6.45, 7) is 7.87. The van der Waals surface area contributed by atoms with Gasteiger partial charge in [-0.25, -0.2) is 4.79 Å². The number of nitriles is 1. The maximum atomic E-state index is 13.6. The molecule has 202 valence electrons. The zero-order chi connectivity index (χ0) is 28.2. The van der Waals surface area contributed by atoms with Crippen molar-refractivity contribution in [1.29, 1.82) is 5.26 Å². The number of carbonyl (C=O) groups excluding carboxylic acids is 5. The van der Waals surface area contributed by atoms with Crippen molar-refractivity contribution >= 4 is 29.8 Å². The van der Waals surface area contributed by atoms with E-state index in [0.717, 1.165) is 10.5 Å². The number of carbonyl (C=O) groups is 5. The van der Waals surface area contributed by atoms with E-state index in [-0.39, 0.29) is 19.6 Å². The number of hydrogen-bond acceptors (Lipinski definition) is 8. The molecule has 0 bridgehead atoms. The Kier molecular flexibility index (Phi) is 12.0. The molecule has 0 saturated carbocycles. The van der Waals surface area contributed by atoms with Gasteiger partial charge in [0, 0.05) is 6.54 Å². The normalized spacial score (nSPS) is 12.3. The predicted octanol–water partition coefficient (Wildman–Crippen LogP) is 1.23. The van der Waals surface area contributed by atoms with E-state index in [9.17, 15) is 29.2 Å². The lowest BCUT2D eigenvalue weighted by Gasteiger charge is -2.32. The second-order valence-electron chi connectivity index (χ2n) is 9.16. The molecule has 0 heterocycles. The number of nitrogens with one attached hydrogen (secondary N) is 2. The number of ether oxygens (including phenoxy) is 2. The molecule has 2 unspecified atom stereocenters. The number of nitrogens with two attached hydrogens (primary N) is 1. The maximum Gasteiger partial charge on any atom is 0.408 e. The van der Waals surface area contributed by atoms with Crippen LogP contribution in [0.2, 0.25) is 0 Å². The predicted molar refractivity (Wildman–Crippen MR) is 132 cm³/mol. The van der Waals surface area contributed by atoms with Gasteiger partial charge in [-0.2, -0.15) is 5.26 Å². The standard InChI is InChI=1S/C25H35N5O7/c1-6-36-20(32)10-12-28-22(33)21(17-9-7-8-16(2)14-17)30(13-11-26)23(34)18(15-19(27)31)29-24(35)37-25(3,4)5/h7-9,14,18,21H,6,10,12-13,15H2,1-5H3,(H2,27,31)(H,28,33)(H,29,35). The molecule has 4 N–H and O–H groups in total. The third kappa shape index (κ3) is 11.0. The number of nitrogens with zero attached hydrogens (tertiary/aromatic N) is 2. The van der Waals surface area contributed by atoms with Crippen molar-refractivity contribution in [2.24, 2.45) is 5.73 Å². The third-order valence-corrected chi connectivity index (χ3v) is 4.77. The first kappa shape index (κ1) is 30.9. The van der Waals surface area contributed by atoms with E-state index in [1.54, 1.807) is 58.9 Å². The highest BCUT2D eigenvalue weighted by Gasteiger charge is 2.37. The Morgan fingerprint density at radius 2 is 1.86 bits per heavy atom. The molecule has 0 aliphatic rings. The van der Waals surface area contributed by atoms with E-state index >= 15 is 0 Å². The van der Waals surface area contributed by atoms with Gasteiger partial charge in [-0.1, -0.05) is 29.8 Å². The summed E-state index contributed by atoms with van der Waals surface area (Å²) in [5.74, 6) is -2.97. The monoisotopic (exact) mass is 517 g/mol. The van der Waals surface area contributed by atoms with Gasteiger partial charge in [0.05, 0.1) is 25.5 Å². The van der Waals surface area contributed by atoms with Crippen molar-refractivity contribution in [3.05, 3.63) is 35.4 Å². The largest absolute Gasteiger partial charge is 0.466 e. The second kappa shape index (κ2) is 14.4. The van der Waals surface area contributed by atoms with Crippen molar-refractivity contribution in [3.8, 4) is 6.07 Å². The number of benzene rings is 1. The van der Waals surface area contributed by atoms with E-state index in [0.29, 0.717) is 5.56 Å². The lowest BCUT2D eigenvalue weighted by atomic mass is 10.0. The van der Waals surface area contributed by atoms with Crippen molar-refractivity contribution < 1.29 is 33.4 Å². The molecule has 0 saturated heterocycles. The van der Waals surface area contributed by atoms with Crippen LogP contribution in [0.15, 0.2) is 24.3 Å². The van der Waals surface area contributed by atoms with Crippen molar-refractivity contribution in [2.75, 3.05) is 19.7 Å². The van der Waals surface area contributed by atoms with Crippen molar-refractivity contribution in [3.63, 3.8) is 0 Å². The van der Waals surface area contributed by atoms with Crippen LogP contribution in [-0.4, -0.2) is 66.0 Å². The molecule has 2 atom stereocenters. The summed E-state index contributed by atoms with van der Waals surface area (Å²) in [5.41, 5.74) is 5.58. The third-order valence-electron chi connectivity index (χ3n) is 4.77. The average molecular weight is 518 g/mol. The van der Waals surface area contributed by atoms with Gasteiger partial charge in [0.1, 0.15) is 24.2 Å². The van der Waals surface area contributed by atoms with E-state index in [2.05, 4.69) is 10.6 Å². The Balaban J connectivity index is 3.36. The molecule has 0 aliphatic heterocycles. The number of aryl methyl sites for hydroxylation is 1. The first-order chi connectivity index (χ1) is 17.3. The summed E-state index contributed by atoms with van der Waals surface area (Å²) in [7, 11) is 0. The molecule has 1 rings (SSSR count). The van der Waals surface area contributed by atoms with Crippen LogP contribution in [0.3, 0.4) is 0 Å². The summed E-state index contributed by atoms with van der Waals surface area (Å²) < 4.78 is 10.0. The Labute approximate surface area is 216 Å². The van der Waals surface area contributed by atoms with Crippen LogP contribution in [0.4, 0.5) is 4.79 Å². The van der Waals surface area contributed by atoms with Crippen LogP contribution in [0, 0.1) is 18.3 Å². The zero-order valence-corrected chi connectivity index (χ0v) is 21.8. The molecular formula is C25H35N5O7. The van der Waals surface area contributed by atoms with Gasteiger partial charge in [-0.15, -0.1) is 0 Å². The number of esters is 1. The highest BCUT2D eigenvalue weighted by atomic mass is 16.6. The molecule has 1 aromatic carbocycles. The van der Waals surface area contributed by atoms with Crippen LogP contribution in [0.25, 0.3) is 0 Å². The number of amides is 4. The first-order valence-corrected chi connectivity index (χ1v) is 11.7. The van der Waals surface area contributed by atoms with E-state index in [4.69, 9.17) is 15.2 Å². The van der Waals surface area contributed by atoms with Gasteiger partial charge in [0.15, 0.2) is 0 Å². The summed E-state index contributed by atoms with van der Waals surface area (Å²) in [4.78, 5) is 63.6. The Morgan fingerprint density at radius 3 is 2.41 bits per heavy atom. The molecule has 0 aliphatic carbocycles. The minimum Gasteiger partial charge on any atom is -0.466 e. The topological polar surface area (TPSA) is 181 Å². The van der Waals surface area contributed by atoms with Gasteiger partial charge in [-0.05, 0) is 40.2 Å². The van der Waals surface area contributed by atoms with Gasteiger partial charge in [0.25, 0.3) is 0 Å². The SMILES string of the molecule is CCOC(=O)CCNC(=O)C(c1cccc(C)c1)N(CC#N)C(=O)C(CC(N)=O)NC(=O)OC(C)(C)C. The minimum atomic E-state index is -1.50. The first-order valence-electron chi connectivity index (χ1n) is 11.7. The Hall–Kier alpha value is -4.14. The number of rotatable bonds is 12.